The maximum atomic E-state index is 12.8. The van der Waals surface area contributed by atoms with Gasteiger partial charge < -0.3 is 4.74 Å². The van der Waals surface area contributed by atoms with E-state index in [1.165, 1.54) is 6.08 Å². The van der Waals surface area contributed by atoms with Crippen molar-refractivity contribution in [1.82, 2.24) is 0 Å². The van der Waals surface area contributed by atoms with Crippen molar-refractivity contribution in [2.24, 2.45) is 5.92 Å². The number of ether oxygens (including phenoxy) is 1. The van der Waals surface area contributed by atoms with Crippen LogP contribution in [0.2, 0.25) is 0 Å². The first-order valence-electron chi connectivity index (χ1n) is 9.23. The van der Waals surface area contributed by atoms with Crippen LogP contribution in [0.25, 0.3) is 0 Å². The minimum absolute atomic E-state index is 0.0847. The first kappa shape index (κ1) is 23.8. The molecule has 3 nitrogen and oxygen atoms in total. The minimum atomic E-state index is -2.56. The molecule has 0 radical (unpaired) electrons. The van der Waals surface area contributed by atoms with E-state index in [1.807, 2.05) is 0 Å². The zero-order chi connectivity index (χ0) is 21.3. The Balaban J connectivity index is 2.72. The molecule has 1 aliphatic carbocycles. The lowest BCUT2D eigenvalue weighted by Crippen LogP contribution is -2.38. The van der Waals surface area contributed by atoms with Gasteiger partial charge in [-0.25, -0.2) is 13.2 Å². The zero-order valence-electron chi connectivity index (χ0n) is 16.4. The number of carbonyl (C=O) groups excluding carboxylic acids is 1. The molecule has 1 saturated carbocycles. The summed E-state index contributed by atoms with van der Waals surface area (Å²) in [5.41, 5.74) is 1.16. The van der Waals surface area contributed by atoms with Gasteiger partial charge in [-0.1, -0.05) is 38.3 Å². The van der Waals surface area contributed by atoms with E-state index in [2.05, 4.69) is 13.2 Å². The third kappa shape index (κ3) is 7.08. The largest absolute Gasteiger partial charge is 0.374 e. The van der Waals surface area contributed by atoms with Crippen LogP contribution in [0.3, 0.4) is 0 Å². The number of rotatable bonds is 12. The molecule has 0 bridgehead atoms. The fourth-order valence-electron chi connectivity index (χ4n) is 2.89. The van der Waals surface area contributed by atoms with Gasteiger partial charge in [-0.2, -0.15) is 0 Å². The highest BCUT2D eigenvalue weighted by molar-refractivity contribution is 6.18. The minimum Gasteiger partial charge on any atom is -0.374 e. The van der Waals surface area contributed by atoms with Gasteiger partial charge in [-0.3, -0.25) is 10.2 Å². The Hall–Kier alpha value is -2.21. The van der Waals surface area contributed by atoms with Gasteiger partial charge in [0.1, 0.15) is 6.67 Å². The summed E-state index contributed by atoms with van der Waals surface area (Å²) in [4.78, 5) is 12.2. The number of allylic oxidation sites excluding steroid dienone is 7. The number of hydrogen-bond donors (Lipinski definition) is 1. The normalized spacial score (nSPS) is 18.6. The van der Waals surface area contributed by atoms with Crippen molar-refractivity contribution in [2.45, 2.75) is 45.1 Å². The molecule has 1 rings (SSSR count). The molecule has 0 spiro atoms. The SMILES string of the molecule is C=C/C(C(=O)/C=C\CF)=C(/CC)C(=N)C(=C)/C=C\C(C)OCC1CC(F)(F)C1. The molecule has 0 aliphatic heterocycles. The van der Waals surface area contributed by atoms with E-state index in [0.717, 1.165) is 12.2 Å². The van der Waals surface area contributed by atoms with Crippen LogP contribution >= 0.6 is 0 Å². The van der Waals surface area contributed by atoms with Crippen LogP contribution in [0.15, 0.2) is 60.3 Å². The molecule has 6 heteroatoms. The van der Waals surface area contributed by atoms with Crippen LogP contribution in [0.4, 0.5) is 13.2 Å². The molecule has 1 unspecified atom stereocenters. The van der Waals surface area contributed by atoms with E-state index in [-0.39, 0.29) is 42.8 Å². The highest BCUT2D eigenvalue weighted by Crippen LogP contribution is 2.42. The monoisotopic (exact) mass is 395 g/mol. The van der Waals surface area contributed by atoms with Gasteiger partial charge in [-0.15, -0.1) is 0 Å². The highest BCUT2D eigenvalue weighted by Gasteiger charge is 2.45. The lowest BCUT2D eigenvalue weighted by molar-refractivity contribution is -0.131. The van der Waals surface area contributed by atoms with Crippen molar-refractivity contribution in [1.29, 1.82) is 5.41 Å². The van der Waals surface area contributed by atoms with Crippen LogP contribution in [0.1, 0.15) is 33.1 Å². The van der Waals surface area contributed by atoms with Crippen molar-refractivity contribution >= 4 is 11.5 Å². The molecule has 0 aromatic carbocycles. The molecule has 1 N–H and O–H groups in total. The summed E-state index contributed by atoms with van der Waals surface area (Å²) < 4.78 is 43.4. The summed E-state index contributed by atoms with van der Waals surface area (Å²) in [7, 11) is 0. The van der Waals surface area contributed by atoms with Crippen molar-refractivity contribution in [3.05, 3.63) is 60.3 Å². The number of carbonyl (C=O) groups is 1. The number of nitrogens with one attached hydrogen (secondary N) is 1. The smallest absolute Gasteiger partial charge is 0.248 e. The predicted octanol–water partition coefficient (Wildman–Crippen LogP) is 5.56. The average molecular weight is 395 g/mol. The lowest BCUT2D eigenvalue weighted by atomic mass is 9.82. The molecule has 154 valence electrons. The van der Waals surface area contributed by atoms with Crippen molar-refractivity contribution in [2.75, 3.05) is 13.3 Å². The fourth-order valence-corrected chi connectivity index (χ4v) is 2.89. The summed E-state index contributed by atoms with van der Waals surface area (Å²) in [5.74, 6) is -3.10. The number of hydrogen-bond acceptors (Lipinski definition) is 3. The van der Waals surface area contributed by atoms with E-state index in [0.29, 0.717) is 17.6 Å². The molecule has 1 atom stereocenters. The van der Waals surface area contributed by atoms with Gasteiger partial charge in [0.15, 0.2) is 5.78 Å². The van der Waals surface area contributed by atoms with Crippen LogP contribution in [0, 0.1) is 11.3 Å². The molecular weight excluding hydrogens is 367 g/mol. The quantitative estimate of drug-likeness (QED) is 0.267. The lowest BCUT2D eigenvalue weighted by Gasteiger charge is -2.35. The Morgan fingerprint density at radius 1 is 1.36 bits per heavy atom. The highest BCUT2D eigenvalue weighted by atomic mass is 19.3. The van der Waals surface area contributed by atoms with Gasteiger partial charge in [0, 0.05) is 18.4 Å². The van der Waals surface area contributed by atoms with Gasteiger partial charge in [0.05, 0.1) is 18.4 Å². The molecule has 0 amide bonds. The van der Waals surface area contributed by atoms with Crippen molar-refractivity contribution in [3.8, 4) is 0 Å². The second-order valence-corrected chi connectivity index (χ2v) is 6.80. The van der Waals surface area contributed by atoms with Crippen LogP contribution in [-0.2, 0) is 9.53 Å². The van der Waals surface area contributed by atoms with E-state index < -0.39 is 18.4 Å². The van der Waals surface area contributed by atoms with Crippen molar-refractivity contribution in [3.63, 3.8) is 0 Å². The molecule has 0 aromatic rings. The summed E-state index contributed by atoms with van der Waals surface area (Å²) in [5, 5.41) is 8.32. The van der Waals surface area contributed by atoms with Gasteiger partial charge in [-0.05, 0) is 42.6 Å². The van der Waals surface area contributed by atoms with Crippen LogP contribution in [0.5, 0.6) is 0 Å². The fraction of sp³-hybridized carbons (Fsp3) is 0.455. The predicted molar refractivity (Wildman–Crippen MR) is 107 cm³/mol. The Morgan fingerprint density at radius 2 is 2.00 bits per heavy atom. The molecule has 28 heavy (non-hydrogen) atoms. The van der Waals surface area contributed by atoms with Gasteiger partial charge >= 0.3 is 0 Å². The molecular formula is C22H28F3NO2. The summed E-state index contributed by atoms with van der Waals surface area (Å²) in [6, 6.07) is 0. The third-order valence-electron chi connectivity index (χ3n) is 4.47. The molecule has 0 heterocycles. The number of halogens is 3. The topological polar surface area (TPSA) is 50.2 Å². The van der Waals surface area contributed by atoms with Crippen LogP contribution in [-0.4, -0.2) is 36.8 Å². The van der Waals surface area contributed by atoms with E-state index in [9.17, 15) is 18.0 Å². The second-order valence-electron chi connectivity index (χ2n) is 6.80. The standard InChI is InChI=1S/C22H28F3NO2/c1-5-18(20(27)8-7-11-23)19(6-2)21(26)15(3)9-10-16(4)28-14-17-12-22(24,25)13-17/h5,7-10,16-17,26H,1,3,6,11-14H2,2,4H3/b8-7-,10-9-,19-18+,26-21?. The zero-order valence-corrected chi connectivity index (χ0v) is 16.4. The third-order valence-corrected chi connectivity index (χ3v) is 4.47. The number of ketones is 1. The Bertz CT molecular complexity index is 697. The summed E-state index contributed by atoms with van der Waals surface area (Å²) in [6.07, 6.45) is 6.70. The molecule has 1 fully saturated rings. The van der Waals surface area contributed by atoms with E-state index in [4.69, 9.17) is 10.1 Å². The van der Waals surface area contributed by atoms with Crippen LogP contribution < -0.4 is 0 Å². The first-order chi connectivity index (χ1) is 13.1. The molecule has 0 saturated heterocycles. The molecule has 0 aromatic heterocycles. The second kappa shape index (κ2) is 11.0. The maximum absolute atomic E-state index is 12.8. The first-order valence-corrected chi connectivity index (χ1v) is 9.23. The van der Waals surface area contributed by atoms with E-state index >= 15 is 0 Å². The average Bonchev–Trinajstić information content (AvgIpc) is 2.64. The van der Waals surface area contributed by atoms with E-state index in [1.54, 1.807) is 26.0 Å². The summed E-state index contributed by atoms with van der Waals surface area (Å²) >= 11 is 0. The van der Waals surface area contributed by atoms with Gasteiger partial charge in [0.25, 0.3) is 0 Å². The summed E-state index contributed by atoms with van der Waals surface area (Å²) in [6.45, 7) is 10.6. The Morgan fingerprint density at radius 3 is 2.50 bits per heavy atom. The Labute approximate surface area is 164 Å². The van der Waals surface area contributed by atoms with Gasteiger partial charge in [0.2, 0.25) is 5.92 Å². The molecule has 1 aliphatic rings. The Kier molecular flexibility index (Phi) is 9.32. The van der Waals surface area contributed by atoms with Crippen molar-refractivity contribution < 1.29 is 22.7 Å². The number of alkyl halides is 3. The maximum Gasteiger partial charge on any atom is 0.248 e.